The summed E-state index contributed by atoms with van der Waals surface area (Å²) in [5.74, 6) is 0.578. The molecule has 0 aromatic rings. The van der Waals surface area contributed by atoms with Crippen LogP contribution in [0.2, 0.25) is 0 Å². The van der Waals surface area contributed by atoms with Gasteiger partial charge in [0.15, 0.2) is 0 Å². The second-order valence-corrected chi connectivity index (χ2v) is 5.44. The average molecular weight is 254 g/mol. The van der Waals surface area contributed by atoms with Gasteiger partial charge >= 0.3 is 0 Å². The van der Waals surface area contributed by atoms with Gasteiger partial charge in [0.05, 0.1) is 12.0 Å². The van der Waals surface area contributed by atoms with Crippen molar-refractivity contribution < 1.29 is 9.53 Å². The summed E-state index contributed by atoms with van der Waals surface area (Å²) in [6, 6.07) is 0. The van der Waals surface area contributed by atoms with E-state index in [1.807, 2.05) is 0 Å². The smallest absolute Gasteiger partial charge is 0.227 e. The Bertz CT molecular complexity index is 265. The number of nitrogens with zero attached hydrogens (tertiary/aromatic N) is 1. The van der Waals surface area contributed by atoms with E-state index in [0.717, 1.165) is 64.9 Å². The fourth-order valence-electron chi connectivity index (χ4n) is 2.86. The summed E-state index contributed by atoms with van der Waals surface area (Å²) in [6.45, 7) is 6.65. The maximum absolute atomic E-state index is 12.3. The van der Waals surface area contributed by atoms with E-state index in [2.05, 4.69) is 17.1 Å². The summed E-state index contributed by atoms with van der Waals surface area (Å²) in [7, 11) is 0. The molecule has 1 N–H and O–H groups in total. The Hall–Kier alpha value is -0.610. The summed E-state index contributed by atoms with van der Waals surface area (Å²) >= 11 is 0. The molecule has 18 heavy (non-hydrogen) atoms. The van der Waals surface area contributed by atoms with E-state index < -0.39 is 0 Å². The van der Waals surface area contributed by atoms with Crippen molar-refractivity contribution >= 4 is 5.91 Å². The minimum Gasteiger partial charge on any atom is -0.378 e. The summed E-state index contributed by atoms with van der Waals surface area (Å²) in [5, 5.41) is 3.27. The molecule has 2 aliphatic rings. The first-order chi connectivity index (χ1) is 8.81. The molecular weight excluding hydrogens is 228 g/mol. The lowest BCUT2D eigenvalue weighted by molar-refractivity contribution is -0.134. The van der Waals surface area contributed by atoms with Gasteiger partial charge in [-0.15, -0.1) is 0 Å². The largest absolute Gasteiger partial charge is 0.378 e. The molecule has 0 aromatic heterocycles. The van der Waals surface area contributed by atoms with Crippen molar-refractivity contribution in [3.63, 3.8) is 0 Å². The number of nitrogens with one attached hydrogen (secondary N) is 1. The third-order valence-electron chi connectivity index (χ3n) is 3.95. The van der Waals surface area contributed by atoms with Gasteiger partial charge in [0, 0.05) is 26.2 Å². The molecule has 2 unspecified atom stereocenters. The topological polar surface area (TPSA) is 41.6 Å². The molecule has 1 amide bonds. The van der Waals surface area contributed by atoms with Crippen LogP contribution in [-0.4, -0.2) is 49.7 Å². The van der Waals surface area contributed by atoms with E-state index in [1.165, 1.54) is 0 Å². The van der Waals surface area contributed by atoms with Gasteiger partial charge < -0.3 is 15.0 Å². The SMILES string of the molecule is CCCOC1CCCN(C(=O)C2CCNC2)CC1. The van der Waals surface area contributed by atoms with E-state index in [0.29, 0.717) is 12.0 Å². The molecule has 0 saturated carbocycles. The number of hydrogen-bond acceptors (Lipinski definition) is 3. The van der Waals surface area contributed by atoms with Crippen LogP contribution in [0.25, 0.3) is 0 Å². The summed E-state index contributed by atoms with van der Waals surface area (Å²) in [5.41, 5.74) is 0. The Morgan fingerprint density at radius 2 is 2.22 bits per heavy atom. The monoisotopic (exact) mass is 254 g/mol. The minimum atomic E-state index is 0.220. The summed E-state index contributed by atoms with van der Waals surface area (Å²) in [4.78, 5) is 14.4. The highest BCUT2D eigenvalue weighted by Crippen LogP contribution is 2.18. The van der Waals surface area contributed by atoms with Crippen LogP contribution < -0.4 is 5.32 Å². The Labute approximate surface area is 110 Å². The number of carbonyl (C=O) groups excluding carboxylic acids is 1. The molecule has 0 radical (unpaired) electrons. The van der Waals surface area contributed by atoms with Crippen LogP contribution in [0, 0.1) is 5.92 Å². The lowest BCUT2D eigenvalue weighted by Gasteiger charge is -2.23. The molecule has 4 nitrogen and oxygen atoms in total. The van der Waals surface area contributed by atoms with Gasteiger partial charge in [-0.25, -0.2) is 0 Å². The fraction of sp³-hybridized carbons (Fsp3) is 0.929. The molecule has 104 valence electrons. The lowest BCUT2D eigenvalue weighted by Crippen LogP contribution is -2.38. The highest BCUT2D eigenvalue weighted by Gasteiger charge is 2.28. The molecule has 2 heterocycles. The number of carbonyl (C=O) groups is 1. The number of rotatable bonds is 4. The van der Waals surface area contributed by atoms with Gasteiger partial charge in [0.1, 0.15) is 0 Å². The first kappa shape index (κ1) is 13.8. The van der Waals surface area contributed by atoms with Crippen LogP contribution in [0.15, 0.2) is 0 Å². The van der Waals surface area contributed by atoms with Crippen LogP contribution in [0.4, 0.5) is 0 Å². The molecule has 2 atom stereocenters. The summed E-state index contributed by atoms with van der Waals surface area (Å²) < 4.78 is 5.82. The predicted molar refractivity (Wildman–Crippen MR) is 71.4 cm³/mol. The van der Waals surface area contributed by atoms with Crippen LogP contribution >= 0.6 is 0 Å². The van der Waals surface area contributed by atoms with Crippen molar-refractivity contribution in [1.82, 2.24) is 10.2 Å². The van der Waals surface area contributed by atoms with Crippen LogP contribution in [0.1, 0.15) is 39.0 Å². The van der Waals surface area contributed by atoms with Crippen LogP contribution in [0.3, 0.4) is 0 Å². The molecule has 2 rings (SSSR count). The molecule has 0 spiro atoms. The highest BCUT2D eigenvalue weighted by molar-refractivity contribution is 5.79. The first-order valence-electron chi connectivity index (χ1n) is 7.42. The Balaban J connectivity index is 1.78. The zero-order valence-corrected chi connectivity index (χ0v) is 11.5. The third kappa shape index (κ3) is 3.69. The van der Waals surface area contributed by atoms with Crippen molar-refractivity contribution in [2.24, 2.45) is 5.92 Å². The van der Waals surface area contributed by atoms with Crippen molar-refractivity contribution in [3.8, 4) is 0 Å². The molecule has 2 aliphatic heterocycles. The second-order valence-electron chi connectivity index (χ2n) is 5.44. The number of amides is 1. The van der Waals surface area contributed by atoms with Crippen molar-refractivity contribution in [2.75, 3.05) is 32.8 Å². The van der Waals surface area contributed by atoms with E-state index >= 15 is 0 Å². The molecular formula is C14H26N2O2. The number of ether oxygens (including phenoxy) is 1. The van der Waals surface area contributed by atoms with Crippen molar-refractivity contribution in [3.05, 3.63) is 0 Å². The predicted octanol–water partition coefficient (Wildman–Crippen LogP) is 1.40. The zero-order valence-electron chi connectivity index (χ0n) is 11.5. The molecule has 0 aliphatic carbocycles. The first-order valence-corrected chi connectivity index (χ1v) is 7.42. The van der Waals surface area contributed by atoms with E-state index in [1.54, 1.807) is 0 Å². The number of hydrogen-bond donors (Lipinski definition) is 1. The lowest BCUT2D eigenvalue weighted by atomic mass is 10.1. The molecule has 2 saturated heterocycles. The van der Waals surface area contributed by atoms with Gasteiger partial charge in [-0.2, -0.15) is 0 Å². The zero-order chi connectivity index (χ0) is 12.8. The Kier molecular flexibility index (Phi) is 5.45. The van der Waals surface area contributed by atoms with E-state index in [-0.39, 0.29) is 5.92 Å². The Morgan fingerprint density at radius 3 is 2.94 bits per heavy atom. The van der Waals surface area contributed by atoms with Gasteiger partial charge in [0.2, 0.25) is 5.91 Å². The second kappa shape index (κ2) is 7.10. The van der Waals surface area contributed by atoms with Crippen LogP contribution in [-0.2, 0) is 9.53 Å². The van der Waals surface area contributed by atoms with Crippen molar-refractivity contribution in [1.29, 1.82) is 0 Å². The fourth-order valence-corrected chi connectivity index (χ4v) is 2.86. The standard InChI is InChI=1S/C14H26N2O2/c1-2-10-18-13-4-3-8-16(9-6-13)14(17)12-5-7-15-11-12/h12-13,15H,2-11H2,1H3. The molecule has 4 heteroatoms. The van der Waals surface area contributed by atoms with Crippen molar-refractivity contribution in [2.45, 2.75) is 45.1 Å². The summed E-state index contributed by atoms with van der Waals surface area (Å²) in [6.07, 6.45) is 5.64. The van der Waals surface area contributed by atoms with Gasteiger partial charge in [0.25, 0.3) is 0 Å². The highest BCUT2D eigenvalue weighted by atomic mass is 16.5. The Morgan fingerprint density at radius 1 is 1.33 bits per heavy atom. The average Bonchev–Trinajstić information content (AvgIpc) is 2.82. The minimum absolute atomic E-state index is 0.220. The quantitative estimate of drug-likeness (QED) is 0.824. The van der Waals surface area contributed by atoms with Crippen LogP contribution in [0.5, 0.6) is 0 Å². The van der Waals surface area contributed by atoms with Gasteiger partial charge in [-0.3, -0.25) is 4.79 Å². The normalized spacial score (nSPS) is 29.3. The maximum Gasteiger partial charge on any atom is 0.227 e. The molecule has 0 aromatic carbocycles. The van der Waals surface area contributed by atoms with E-state index in [4.69, 9.17) is 4.74 Å². The van der Waals surface area contributed by atoms with Gasteiger partial charge in [-0.05, 0) is 38.6 Å². The number of likely N-dealkylation sites (tertiary alicyclic amines) is 1. The third-order valence-corrected chi connectivity index (χ3v) is 3.95. The molecule has 2 fully saturated rings. The molecule has 0 bridgehead atoms. The maximum atomic E-state index is 12.3. The van der Waals surface area contributed by atoms with Gasteiger partial charge in [-0.1, -0.05) is 6.92 Å². The van der Waals surface area contributed by atoms with E-state index in [9.17, 15) is 4.79 Å².